The largest absolute Gasteiger partial charge is 0.388 e. The van der Waals surface area contributed by atoms with Gasteiger partial charge >= 0.3 is 11.8 Å². The molecule has 22 heavy (non-hydrogen) atoms. The third kappa shape index (κ3) is 4.31. The molecule has 0 saturated carbocycles. The van der Waals surface area contributed by atoms with Gasteiger partial charge in [-0.05, 0) is 44.7 Å². The maximum atomic E-state index is 11.8. The lowest BCUT2D eigenvalue weighted by atomic mass is 9.80. The topological polar surface area (TPSA) is 78.4 Å². The van der Waals surface area contributed by atoms with Crippen molar-refractivity contribution in [3.8, 4) is 0 Å². The molecule has 5 heteroatoms. The predicted molar refractivity (Wildman–Crippen MR) is 84.3 cm³/mol. The van der Waals surface area contributed by atoms with E-state index in [9.17, 15) is 14.7 Å². The highest BCUT2D eigenvalue weighted by Gasteiger charge is 2.33. The van der Waals surface area contributed by atoms with Crippen LogP contribution in [0, 0.1) is 0 Å². The lowest BCUT2D eigenvalue weighted by Crippen LogP contribution is -2.52. The first kappa shape index (κ1) is 16.5. The minimum absolute atomic E-state index is 0.0811. The molecule has 0 radical (unpaired) electrons. The molecule has 1 aromatic rings. The molecule has 0 saturated heterocycles. The van der Waals surface area contributed by atoms with E-state index in [1.165, 1.54) is 5.56 Å². The SMILES string of the molecule is CC(C)(C)NC(=O)C(=O)NCC1(O)CCc2ccccc2C1. The molecule has 0 aromatic heterocycles. The number of aliphatic hydroxyl groups is 1. The van der Waals surface area contributed by atoms with Crippen LogP contribution in [-0.2, 0) is 22.4 Å². The number of carbonyl (C=O) groups is 2. The van der Waals surface area contributed by atoms with Gasteiger partial charge in [-0.2, -0.15) is 0 Å². The molecular weight excluding hydrogens is 280 g/mol. The number of fused-ring (bicyclic) bond motifs is 1. The van der Waals surface area contributed by atoms with E-state index in [2.05, 4.69) is 16.7 Å². The van der Waals surface area contributed by atoms with Crippen LogP contribution in [0.1, 0.15) is 38.3 Å². The lowest BCUT2D eigenvalue weighted by Gasteiger charge is -2.33. The van der Waals surface area contributed by atoms with E-state index in [1.54, 1.807) is 0 Å². The van der Waals surface area contributed by atoms with E-state index in [0.29, 0.717) is 12.8 Å². The van der Waals surface area contributed by atoms with Crippen LogP contribution in [0.2, 0.25) is 0 Å². The summed E-state index contributed by atoms with van der Waals surface area (Å²) in [5.74, 6) is -1.38. The van der Waals surface area contributed by atoms with Crippen molar-refractivity contribution in [2.24, 2.45) is 0 Å². The Balaban J connectivity index is 1.92. The summed E-state index contributed by atoms with van der Waals surface area (Å²) < 4.78 is 0. The number of hydrogen-bond acceptors (Lipinski definition) is 3. The third-order valence-electron chi connectivity index (χ3n) is 3.77. The molecule has 2 rings (SSSR count). The van der Waals surface area contributed by atoms with E-state index in [-0.39, 0.29) is 6.54 Å². The van der Waals surface area contributed by atoms with Crippen LogP contribution in [0.3, 0.4) is 0 Å². The van der Waals surface area contributed by atoms with Gasteiger partial charge in [0.05, 0.1) is 5.60 Å². The third-order valence-corrected chi connectivity index (χ3v) is 3.77. The molecule has 1 atom stereocenters. The highest BCUT2D eigenvalue weighted by Crippen LogP contribution is 2.28. The predicted octanol–water partition coefficient (Wildman–Crippen LogP) is 0.937. The molecule has 0 fully saturated rings. The van der Waals surface area contributed by atoms with Crippen molar-refractivity contribution in [1.29, 1.82) is 0 Å². The summed E-state index contributed by atoms with van der Waals surface area (Å²) in [5, 5.41) is 15.8. The molecule has 0 aliphatic heterocycles. The van der Waals surface area contributed by atoms with Gasteiger partial charge in [0.25, 0.3) is 0 Å². The van der Waals surface area contributed by atoms with Crippen molar-refractivity contribution >= 4 is 11.8 Å². The summed E-state index contributed by atoms with van der Waals surface area (Å²) in [6, 6.07) is 7.99. The first-order valence-electron chi connectivity index (χ1n) is 7.58. The maximum absolute atomic E-state index is 11.8. The van der Waals surface area contributed by atoms with E-state index in [0.717, 1.165) is 12.0 Å². The summed E-state index contributed by atoms with van der Waals surface area (Å²) in [4.78, 5) is 23.5. The Morgan fingerprint density at radius 3 is 2.45 bits per heavy atom. The molecule has 1 aliphatic carbocycles. The molecule has 2 amide bonds. The highest BCUT2D eigenvalue weighted by molar-refractivity contribution is 6.35. The summed E-state index contributed by atoms with van der Waals surface area (Å²) in [6.07, 6.45) is 1.84. The Bertz CT molecular complexity index is 578. The lowest BCUT2D eigenvalue weighted by molar-refractivity contribution is -0.140. The second-order valence-electron chi connectivity index (χ2n) is 7.06. The molecule has 0 spiro atoms. The molecule has 1 aromatic carbocycles. The van der Waals surface area contributed by atoms with Crippen molar-refractivity contribution in [2.75, 3.05) is 6.54 Å². The fourth-order valence-electron chi connectivity index (χ4n) is 2.66. The second kappa shape index (κ2) is 6.08. The van der Waals surface area contributed by atoms with Crippen LogP contribution in [-0.4, -0.2) is 34.6 Å². The first-order chi connectivity index (χ1) is 10.2. The average Bonchev–Trinajstić information content (AvgIpc) is 2.43. The number of hydrogen-bond donors (Lipinski definition) is 3. The number of carbonyl (C=O) groups excluding carboxylic acids is 2. The summed E-state index contributed by atoms with van der Waals surface area (Å²) in [7, 11) is 0. The molecule has 0 heterocycles. The minimum atomic E-state index is -0.994. The Hall–Kier alpha value is -1.88. The number of aryl methyl sites for hydroxylation is 1. The molecule has 0 bridgehead atoms. The summed E-state index contributed by atoms with van der Waals surface area (Å²) >= 11 is 0. The van der Waals surface area contributed by atoms with Crippen molar-refractivity contribution in [3.05, 3.63) is 35.4 Å². The number of rotatable bonds is 2. The van der Waals surface area contributed by atoms with Crippen molar-refractivity contribution in [3.63, 3.8) is 0 Å². The van der Waals surface area contributed by atoms with E-state index < -0.39 is 23.0 Å². The van der Waals surface area contributed by atoms with Crippen LogP contribution in [0.4, 0.5) is 0 Å². The maximum Gasteiger partial charge on any atom is 0.309 e. The van der Waals surface area contributed by atoms with Crippen LogP contribution in [0.15, 0.2) is 24.3 Å². The van der Waals surface area contributed by atoms with Gasteiger partial charge in [0, 0.05) is 18.5 Å². The zero-order valence-corrected chi connectivity index (χ0v) is 13.4. The number of amides is 2. The fraction of sp³-hybridized carbons (Fsp3) is 0.529. The molecular formula is C17H24N2O3. The fourth-order valence-corrected chi connectivity index (χ4v) is 2.66. The van der Waals surface area contributed by atoms with Gasteiger partial charge in [0.1, 0.15) is 0 Å². The normalized spacial score (nSPS) is 20.9. The number of benzene rings is 1. The van der Waals surface area contributed by atoms with E-state index >= 15 is 0 Å². The first-order valence-corrected chi connectivity index (χ1v) is 7.58. The van der Waals surface area contributed by atoms with Crippen LogP contribution >= 0.6 is 0 Å². The van der Waals surface area contributed by atoms with E-state index in [1.807, 2.05) is 39.0 Å². The van der Waals surface area contributed by atoms with E-state index in [4.69, 9.17) is 0 Å². The Morgan fingerprint density at radius 2 is 1.82 bits per heavy atom. The Kier molecular flexibility index (Phi) is 4.56. The Morgan fingerprint density at radius 1 is 1.18 bits per heavy atom. The molecule has 3 N–H and O–H groups in total. The van der Waals surface area contributed by atoms with Gasteiger partial charge in [-0.25, -0.2) is 0 Å². The quantitative estimate of drug-likeness (QED) is 0.712. The van der Waals surface area contributed by atoms with Gasteiger partial charge in [0.2, 0.25) is 0 Å². The molecule has 5 nitrogen and oxygen atoms in total. The van der Waals surface area contributed by atoms with Crippen LogP contribution in [0.5, 0.6) is 0 Å². The highest BCUT2D eigenvalue weighted by atomic mass is 16.3. The summed E-state index contributed by atoms with van der Waals surface area (Å²) in [6.45, 7) is 5.51. The van der Waals surface area contributed by atoms with Crippen LogP contribution in [0.25, 0.3) is 0 Å². The molecule has 120 valence electrons. The Labute approximate surface area is 131 Å². The van der Waals surface area contributed by atoms with Gasteiger partial charge < -0.3 is 15.7 Å². The summed E-state index contributed by atoms with van der Waals surface area (Å²) in [5.41, 5.74) is 0.884. The van der Waals surface area contributed by atoms with Crippen molar-refractivity contribution in [1.82, 2.24) is 10.6 Å². The van der Waals surface area contributed by atoms with Crippen molar-refractivity contribution in [2.45, 2.75) is 51.2 Å². The smallest absolute Gasteiger partial charge is 0.309 e. The van der Waals surface area contributed by atoms with Gasteiger partial charge in [0.15, 0.2) is 0 Å². The molecule has 1 unspecified atom stereocenters. The standard InChI is InChI=1S/C17H24N2O3/c1-16(2,3)19-15(21)14(20)18-11-17(22)9-8-12-6-4-5-7-13(12)10-17/h4-7,22H,8-11H2,1-3H3,(H,18,20)(H,19,21). The zero-order chi connectivity index (χ0) is 16.4. The molecule has 1 aliphatic rings. The van der Waals surface area contributed by atoms with Gasteiger partial charge in [-0.1, -0.05) is 24.3 Å². The van der Waals surface area contributed by atoms with Gasteiger partial charge in [-0.15, -0.1) is 0 Å². The monoisotopic (exact) mass is 304 g/mol. The number of nitrogens with one attached hydrogen (secondary N) is 2. The minimum Gasteiger partial charge on any atom is -0.388 e. The van der Waals surface area contributed by atoms with Crippen molar-refractivity contribution < 1.29 is 14.7 Å². The average molecular weight is 304 g/mol. The zero-order valence-electron chi connectivity index (χ0n) is 13.4. The van der Waals surface area contributed by atoms with Crippen LogP contribution < -0.4 is 10.6 Å². The van der Waals surface area contributed by atoms with Gasteiger partial charge in [-0.3, -0.25) is 9.59 Å². The second-order valence-corrected chi connectivity index (χ2v) is 7.06.